The van der Waals surface area contributed by atoms with E-state index in [0.29, 0.717) is 0 Å². The van der Waals surface area contributed by atoms with Gasteiger partial charge in [0.15, 0.2) is 5.69 Å². The zero-order valence-corrected chi connectivity index (χ0v) is 14.9. The summed E-state index contributed by atoms with van der Waals surface area (Å²) in [5, 5.41) is 25.7. The lowest BCUT2D eigenvalue weighted by atomic mass is 10.2. The van der Waals surface area contributed by atoms with Crippen molar-refractivity contribution in [2.24, 2.45) is 0 Å². The van der Waals surface area contributed by atoms with Crippen molar-refractivity contribution in [3.05, 3.63) is 74.4 Å². The fourth-order valence-corrected chi connectivity index (χ4v) is 2.98. The molecule has 3 rings (SSSR count). The van der Waals surface area contributed by atoms with Crippen molar-refractivity contribution < 1.29 is 19.3 Å². The number of aromatic carboxylic acids is 1. The van der Waals surface area contributed by atoms with Crippen LogP contribution in [0.25, 0.3) is 17.8 Å². The number of carbonyl (C=O) groups excluding carboxylic acids is 1. The van der Waals surface area contributed by atoms with E-state index in [1.54, 1.807) is 18.2 Å². The van der Waals surface area contributed by atoms with E-state index in [4.69, 9.17) is 4.52 Å². The van der Waals surface area contributed by atoms with Gasteiger partial charge in [-0.05, 0) is 62.2 Å². The number of benzene rings is 1. The number of nitro groups is 1. The Morgan fingerprint density at radius 3 is 2.44 bits per heavy atom. The van der Waals surface area contributed by atoms with Gasteiger partial charge in [0.25, 0.3) is 0 Å². The number of nitrogens with zero attached hydrogens (tertiary/aromatic N) is 3. The summed E-state index contributed by atoms with van der Waals surface area (Å²) >= 11 is 0. The van der Waals surface area contributed by atoms with Gasteiger partial charge in [0.05, 0.1) is 10.9 Å². The lowest BCUT2D eigenvalue weighted by Crippen LogP contribution is -2.22. The first-order chi connectivity index (χ1) is 12.8. The second-order valence-electron chi connectivity index (χ2n) is 6.07. The van der Waals surface area contributed by atoms with E-state index in [0.717, 1.165) is 22.6 Å². The Morgan fingerprint density at radius 1 is 1.19 bits per heavy atom. The maximum atomic E-state index is 11.1. The van der Waals surface area contributed by atoms with Crippen LogP contribution in [0.2, 0.25) is 0 Å². The molecule has 0 amide bonds. The summed E-state index contributed by atoms with van der Waals surface area (Å²) in [7, 11) is 0. The van der Waals surface area contributed by atoms with Gasteiger partial charge in [0.2, 0.25) is 5.76 Å². The molecule has 8 heteroatoms. The summed E-state index contributed by atoms with van der Waals surface area (Å²) in [6.07, 6.45) is 3.24. The Labute approximate surface area is 154 Å². The highest BCUT2D eigenvalue weighted by Crippen LogP contribution is 2.27. The van der Waals surface area contributed by atoms with Crippen LogP contribution < -0.4 is 5.11 Å². The number of carbonyl (C=O) groups is 1. The van der Waals surface area contributed by atoms with Crippen molar-refractivity contribution in [2.75, 3.05) is 0 Å². The molecule has 0 radical (unpaired) electrons. The highest BCUT2D eigenvalue weighted by Gasteiger charge is 2.22. The highest BCUT2D eigenvalue weighted by atomic mass is 16.6. The van der Waals surface area contributed by atoms with E-state index >= 15 is 0 Å². The van der Waals surface area contributed by atoms with Gasteiger partial charge >= 0.3 is 5.69 Å². The molecule has 0 bridgehead atoms. The first-order valence-electron chi connectivity index (χ1n) is 8.09. The molecule has 27 heavy (non-hydrogen) atoms. The first kappa shape index (κ1) is 18.1. The Kier molecular flexibility index (Phi) is 4.64. The minimum Gasteiger partial charge on any atom is -0.545 e. The zero-order chi connectivity index (χ0) is 19.7. The number of aryl methyl sites for hydroxylation is 2. The van der Waals surface area contributed by atoms with Gasteiger partial charge in [0.1, 0.15) is 0 Å². The van der Waals surface area contributed by atoms with Crippen molar-refractivity contribution in [2.45, 2.75) is 20.8 Å². The molecule has 0 spiro atoms. The third-order valence-corrected chi connectivity index (χ3v) is 4.29. The Balaban J connectivity index is 1.97. The fraction of sp³-hybridized carbons (Fsp3) is 0.158. The molecule has 1 aromatic carbocycles. The van der Waals surface area contributed by atoms with Crippen molar-refractivity contribution in [3.8, 4) is 5.69 Å². The standard InChI is InChI=1S/C19H17N3O5/c1-11-10-15(6-9-17-18(22(25)26)12(2)20-27-17)13(3)21(11)16-7-4-14(5-8-16)19(23)24/h4-10H,1-3H3,(H,23,24)/p-1/b9-6-. The fourth-order valence-electron chi connectivity index (χ4n) is 2.98. The Bertz CT molecular complexity index is 1060. The molecule has 0 N–H and O–H groups in total. The normalized spacial score (nSPS) is 11.2. The Hall–Kier alpha value is -3.68. The summed E-state index contributed by atoms with van der Waals surface area (Å²) in [6, 6.07) is 8.29. The second-order valence-corrected chi connectivity index (χ2v) is 6.07. The van der Waals surface area contributed by atoms with Crippen LogP contribution in [0.1, 0.15) is 38.8 Å². The third-order valence-electron chi connectivity index (χ3n) is 4.29. The highest BCUT2D eigenvalue weighted by molar-refractivity contribution is 5.86. The summed E-state index contributed by atoms with van der Waals surface area (Å²) in [4.78, 5) is 21.5. The zero-order valence-electron chi connectivity index (χ0n) is 14.9. The molecule has 138 valence electrons. The van der Waals surface area contributed by atoms with Crippen LogP contribution in [0.3, 0.4) is 0 Å². The van der Waals surface area contributed by atoms with Crippen molar-refractivity contribution in [1.29, 1.82) is 0 Å². The van der Waals surface area contributed by atoms with Crippen LogP contribution in [0, 0.1) is 30.9 Å². The number of carboxylic acids is 1. The van der Waals surface area contributed by atoms with Gasteiger partial charge in [-0.2, -0.15) is 0 Å². The second kappa shape index (κ2) is 6.91. The van der Waals surface area contributed by atoms with Gasteiger partial charge in [-0.15, -0.1) is 0 Å². The van der Waals surface area contributed by atoms with E-state index in [1.807, 2.05) is 24.5 Å². The van der Waals surface area contributed by atoms with Crippen LogP contribution in [-0.4, -0.2) is 20.6 Å². The van der Waals surface area contributed by atoms with Gasteiger partial charge in [-0.25, -0.2) is 0 Å². The molecule has 2 aromatic heterocycles. The molecule has 0 aliphatic rings. The molecule has 0 atom stereocenters. The van der Waals surface area contributed by atoms with E-state index in [2.05, 4.69) is 5.16 Å². The first-order valence-corrected chi connectivity index (χ1v) is 8.09. The molecule has 0 unspecified atom stereocenters. The number of aromatic nitrogens is 2. The molecule has 0 saturated carbocycles. The number of hydrogen-bond acceptors (Lipinski definition) is 6. The predicted octanol–water partition coefficient (Wildman–Crippen LogP) is 2.83. The monoisotopic (exact) mass is 366 g/mol. The average Bonchev–Trinajstić information content (AvgIpc) is 3.12. The van der Waals surface area contributed by atoms with Crippen LogP contribution in [0.4, 0.5) is 5.69 Å². The summed E-state index contributed by atoms with van der Waals surface area (Å²) in [6.45, 7) is 5.33. The van der Waals surface area contributed by atoms with E-state index in [1.165, 1.54) is 25.1 Å². The van der Waals surface area contributed by atoms with Crippen LogP contribution >= 0.6 is 0 Å². The maximum Gasteiger partial charge on any atom is 0.338 e. The summed E-state index contributed by atoms with van der Waals surface area (Å²) in [5.74, 6) is -1.14. The van der Waals surface area contributed by atoms with Crippen LogP contribution in [-0.2, 0) is 0 Å². The molecule has 8 nitrogen and oxygen atoms in total. The smallest absolute Gasteiger partial charge is 0.338 e. The average molecular weight is 366 g/mol. The van der Waals surface area contributed by atoms with Crippen molar-refractivity contribution >= 4 is 23.8 Å². The third kappa shape index (κ3) is 3.37. The van der Waals surface area contributed by atoms with Gasteiger partial charge < -0.3 is 19.0 Å². The van der Waals surface area contributed by atoms with Crippen molar-refractivity contribution in [1.82, 2.24) is 9.72 Å². The quantitative estimate of drug-likeness (QED) is 0.507. The van der Waals surface area contributed by atoms with Crippen LogP contribution in [0.15, 0.2) is 34.9 Å². The minimum absolute atomic E-state index is 0.0839. The van der Waals surface area contributed by atoms with E-state index < -0.39 is 10.9 Å². The number of rotatable bonds is 5. The topological polar surface area (TPSA) is 114 Å². The molecular weight excluding hydrogens is 350 g/mol. The predicted molar refractivity (Wildman–Crippen MR) is 96.4 cm³/mol. The summed E-state index contributed by atoms with van der Waals surface area (Å²) in [5.41, 5.74) is 3.64. The Morgan fingerprint density at radius 2 is 1.85 bits per heavy atom. The van der Waals surface area contributed by atoms with Gasteiger partial charge in [-0.1, -0.05) is 17.3 Å². The molecule has 3 aromatic rings. The molecular formula is C19H16N3O5-. The molecule has 0 aliphatic heterocycles. The minimum atomic E-state index is -1.23. The number of hydrogen-bond donors (Lipinski definition) is 0. The molecule has 0 fully saturated rings. The lowest BCUT2D eigenvalue weighted by molar-refractivity contribution is -0.386. The SMILES string of the molecule is Cc1noc(/C=C\c2cc(C)n(-c3ccc(C(=O)[O-])cc3)c2C)c1[N+](=O)[O-]. The largest absolute Gasteiger partial charge is 0.545 e. The number of carboxylic acid groups (broad SMARTS) is 1. The van der Waals surface area contributed by atoms with E-state index in [9.17, 15) is 20.0 Å². The van der Waals surface area contributed by atoms with Crippen molar-refractivity contribution in [3.63, 3.8) is 0 Å². The molecule has 0 saturated heterocycles. The van der Waals surface area contributed by atoms with Gasteiger partial charge in [0, 0.05) is 17.1 Å². The van der Waals surface area contributed by atoms with Crippen LogP contribution in [0.5, 0.6) is 0 Å². The molecule has 2 heterocycles. The van der Waals surface area contributed by atoms with E-state index in [-0.39, 0.29) is 22.7 Å². The molecule has 0 aliphatic carbocycles. The summed E-state index contributed by atoms with van der Waals surface area (Å²) < 4.78 is 6.99. The van der Waals surface area contributed by atoms with Gasteiger partial charge in [-0.3, -0.25) is 10.1 Å². The lowest BCUT2D eigenvalue weighted by Gasteiger charge is -2.11. The maximum absolute atomic E-state index is 11.1.